The van der Waals surface area contributed by atoms with Gasteiger partial charge in [-0.1, -0.05) is 44.0 Å². The lowest BCUT2D eigenvalue weighted by molar-refractivity contribution is -0.130. The Hall–Kier alpha value is -2.18. The summed E-state index contributed by atoms with van der Waals surface area (Å²) in [4.78, 5) is 23.2. The smallest absolute Gasteiger partial charge is 0.336 e. The van der Waals surface area contributed by atoms with Crippen molar-refractivity contribution < 1.29 is 19.1 Å². The van der Waals surface area contributed by atoms with Gasteiger partial charge in [-0.05, 0) is 48.5 Å². The second-order valence-electron chi connectivity index (χ2n) is 4.47. The molecule has 0 saturated carbocycles. The lowest BCUT2D eigenvalue weighted by atomic mass is 10.3. The molecule has 122 valence electrons. The highest BCUT2D eigenvalue weighted by molar-refractivity contribution is 9.10. The molecule has 0 aliphatic carbocycles. The summed E-state index contributed by atoms with van der Waals surface area (Å²) in [5.41, 5.74) is 0. The SMILES string of the molecule is O=C(C=CC=CC(=O)Oc1ccc(Br)cc1)Oc1ccc(Br)cc1. The van der Waals surface area contributed by atoms with Gasteiger partial charge in [-0.25, -0.2) is 9.59 Å². The Morgan fingerprint density at radius 3 is 1.33 bits per heavy atom. The molecule has 2 aromatic rings. The zero-order chi connectivity index (χ0) is 17.4. The maximum Gasteiger partial charge on any atom is 0.336 e. The summed E-state index contributed by atoms with van der Waals surface area (Å²) < 4.78 is 12.0. The van der Waals surface area contributed by atoms with Crippen molar-refractivity contribution in [1.29, 1.82) is 0 Å². The molecule has 2 rings (SSSR count). The predicted octanol–water partition coefficient (Wildman–Crippen LogP) is 4.84. The second-order valence-corrected chi connectivity index (χ2v) is 6.30. The number of allylic oxidation sites excluding steroid dienone is 2. The van der Waals surface area contributed by atoms with Crippen LogP contribution in [0.3, 0.4) is 0 Å². The van der Waals surface area contributed by atoms with E-state index in [2.05, 4.69) is 31.9 Å². The molecule has 4 nitrogen and oxygen atoms in total. The van der Waals surface area contributed by atoms with Gasteiger partial charge in [0.1, 0.15) is 11.5 Å². The molecule has 0 aliphatic rings. The van der Waals surface area contributed by atoms with E-state index >= 15 is 0 Å². The van der Waals surface area contributed by atoms with E-state index in [4.69, 9.17) is 9.47 Å². The van der Waals surface area contributed by atoms with Crippen LogP contribution in [0.25, 0.3) is 0 Å². The first-order chi connectivity index (χ1) is 11.5. The van der Waals surface area contributed by atoms with Gasteiger partial charge >= 0.3 is 11.9 Å². The van der Waals surface area contributed by atoms with Crippen LogP contribution in [0.5, 0.6) is 11.5 Å². The minimum atomic E-state index is -0.539. The summed E-state index contributed by atoms with van der Waals surface area (Å²) in [5, 5.41) is 0. The Labute approximate surface area is 156 Å². The van der Waals surface area contributed by atoms with E-state index in [1.165, 1.54) is 24.3 Å². The molecule has 0 fully saturated rings. The molecule has 0 aliphatic heterocycles. The lowest BCUT2D eigenvalue weighted by Gasteiger charge is -2.00. The molecular formula is C18H12Br2O4. The monoisotopic (exact) mass is 450 g/mol. The van der Waals surface area contributed by atoms with Gasteiger partial charge in [0.2, 0.25) is 0 Å². The van der Waals surface area contributed by atoms with Gasteiger partial charge in [0, 0.05) is 21.1 Å². The van der Waals surface area contributed by atoms with Gasteiger partial charge in [-0.15, -0.1) is 0 Å². The van der Waals surface area contributed by atoms with Crippen molar-refractivity contribution in [2.75, 3.05) is 0 Å². The zero-order valence-electron chi connectivity index (χ0n) is 12.3. The molecule has 0 radical (unpaired) electrons. The lowest BCUT2D eigenvalue weighted by Crippen LogP contribution is -2.04. The van der Waals surface area contributed by atoms with E-state index < -0.39 is 11.9 Å². The molecule has 0 aromatic heterocycles. The van der Waals surface area contributed by atoms with E-state index in [1.54, 1.807) is 48.5 Å². The maximum atomic E-state index is 11.6. The molecule has 0 amide bonds. The van der Waals surface area contributed by atoms with Gasteiger partial charge in [-0.2, -0.15) is 0 Å². The zero-order valence-corrected chi connectivity index (χ0v) is 15.5. The summed E-state index contributed by atoms with van der Waals surface area (Å²) in [6.45, 7) is 0. The Morgan fingerprint density at radius 2 is 1.00 bits per heavy atom. The first-order valence-corrected chi connectivity index (χ1v) is 8.41. The van der Waals surface area contributed by atoms with Crippen LogP contribution in [0.1, 0.15) is 0 Å². The number of hydrogen-bond donors (Lipinski definition) is 0. The fourth-order valence-corrected chi connectivity index (χ4v) is 2.10. The number of carbonyl (C=O) groups excluding carboxylic acids is 2. The fourth-order valence-electron chi connectivity index (χ4n) is 1.57. The van der Waals surface area contributed by atoms with E-state index in [1.807, 2.05) is 0 Å². The standard InChI is InChI=1S/C18H12Br2O4/c19-13-5-9-15(10-6-13)23-17(21)3-1-2-4-18(22)24-16-11-7-14(20)8-12-16/h1-12H. The van der Waals surface area contributed by atoms with Crippen LogP contribution in [-0.2, 0) is 9.59 Å². The van der Waals surface area contributed by atoms with Gasteiger partial charge in [0.05, 0.1) is 0 Å². The third-order valence-corrected chi connectivity index (χ3v) is 3.70. The van der Waals surface area contributed by atoms with Crippen molar-refractivity contribution >= 4 is 43.8 Å². The number of hydrogen-bond acceptors (Lipinski definition) is 4. The van der Waals surface area contributed by atoms with Crippen LogP contribution in [0.15, 0.2) is 81.8 Å². The highest BCUT2D eigenvalue weighted by Gasteiger charge is 2.01. The summed E-state index contributed by atoms with van der Waals surface area (Å²) in [6, 6.07) is 13.7. The molecule has 2 aromatic carbocycles. The Bertz CT molecular complexity index is 695. The van der Waals surface area contributed by atoms with E-state index in [0.29, 0.717) is 11.5 Å². The molecule has 0 spiro atoms. The van der Waals surface area contributed by atoms with Crippen LogP contribution in [0.4, 0.5) is 0 Å². The number of ether oxygens (including phenoxy) is 2. The molecule has 6 heteroatoms. The van der Waals surface area contributed by atoms with Crippen LogP contribution in [0, 0.1) is 0 Å². The van der Waals surface area contributed by atoms with Crippen molar-refractivity contribution in [2.24, 2.45) is 0 Å². The largest absolute Gasteiger partial charge is 0.423 e. The fraction of sp³-hybridized carbons (Fsp3) is 0. The molecule has 0 heterocycles. The minimum Gasteiger partial charge on any atom is -0.423 e. The number of carbonyl (C=O) groups is 2. The van der Waals surface area contributed by atoms with Crippen LogP contribution in [0.2, 0.25) is 0 Å². The second kappa shape index (κ2) is 9.20. The average Bonchev–Trinajstić information content (AvgIpc) is 2.56. The van der Waals surface area contributed by atoms with Crippen LogP contribution >= 0.6 is 31.9 Å². The molecule has 0 bridgehead atoms. The highest BCUT2D eigenvalue weighted by atomic mass is 79.9. The molecule has 0 saturated heterocycles. The topological polar surface area (TPSA) is 52.6 Å². The molecular weight excluding hydrogens is 440 g/mol. The number of esters is 2. The van der Waals surface area contributed by atoms with Crippen LogP contribution in [-0.4, -0.2) is 11.9 Å². The van der Waals surface area contributed by atoms with E-state index in [-0.39, 0.29) is 0 Å². The van der Waals surface area contributed by atoms with Gasteiger partial charge in [-0.3, -0.25) is 0 Å². The third-order valence-electron chi connectivity index (χ3n) is 2.64. The van der Waals surface area contributed by atoms with Gasteiger partial charge in [0.25, 0.3) is 0 Å². The maximum absolute atomic E-state index is 11.6. The number of benzene rings is 2. The first-order valence-electron chi connectivity index (χ1n) is 6.82. The van der Waals surface area contributed by atoms with Gasteiger partial charge in [0.15, 0.2) is 0 Å². The Balaban J connectivity index is 1.80. The van der Waals surface area contributed by atoms with Crippen molar-refractivity contribution in [3.63, 3.8) is 0 Å². The summed E-state index contributed by atoms with van der Waals surface area (Å²) >= 11 is 6.59. The van der Waals surface area contributed by atoms with Crippen molar-refractivity contribution in [3.8, 4) is 11.5 Å². The molecule has 0 N–H and O–H groups in total. The van der Waals surface area contributed by atoms with Crippen molar-refractivity contribution in [3.05, 3.63) is 81.8 Å². The van der Waals surface area contributed by atoms with Crippen LogP contribution < -0.4 is 9.47 Å². The average molecular weight is 452 g/mol. The number of halogens is 2. The molecule has 0 atom stereocenters. The van der Waals surface area contributed by atoms with Gasteiger partial charge < -0.3 is 9.47 Å². The highest BCUT2D eigenvalue weighted by Crippen LogP contribution is 2.17. The van der Waals surface area contributed by atoms with E-state index in [0.717, 1.165) is 8.95 Å². The normalized spacial score (nSPS) is 10.9. The number of rotatable bonds is 5. The summed E-state index contributed by atoms with van der Waals surface area (Å²) in [5.74, 6) is -0.204. The first kappa shape index (κ1) is 18.2. The molecule has 0 unspecified atom stereocenters. The van der Waals surface area contributed by atoms with Crippen molar-refractivity contribution in [1.82, 2.24) is 0 Å². The Kier molecular flexibility index (Phi) is 6.96. The third kappa shape index (κ3) is 6.52. The van der Waals surface area contributed by atoms with Crippen molar-refractivity contribution in [2.45, 2.75) is 0 Å². The minimum absolute atomic E-state index is 0.437. The molecule has 24 heavy (non-hydrogen) atoms. The van der Waals surface area contributed by atoms with E-state index in [9.17, 15) is 9.59 Å². The quantitative estimate of drug-likeness (QED) is 0.282. The summed E-state index contributed by atoms with van der Waals surface area (Å²) in [7, 11) is 0. The Morgan fingerprint density at radius 1 is 0.667 bits per heavy atom. The summed E-state index contributed by atoms with van der Waals surface area (Å²) in [6.07, 6.45) is 5.24. The predicted molar refractivity (Wildman–Crippen MR) is 97.8 cm³/mol.